The van der Waals surface area contributed by atoms with E-state index in [9.17, 15) is 9.59 Å². The van der Waals surface area contributed by atoms with Crippen molar-refractivity contribution in [2.45, 2.75) is 6.54 Å². The third-order valence-corrected chi connectivity index (χ3v) is 4.12. The average Bonchev–Trinajstić information content (AvgIpc) is 3.15. The molecule has 0 atom stereocenters. The van der Waals surface area contributed by atoms with Gasteiger partial charge in [-0.1, -0.05) is 0 Å². The first kappa shape index (κ1) is 16.6. The number of nitrogens with one attached hydrogen (secondary N) is 2. The van der Waals surface area contributed by atoms with Crippen molar-refractivity contribution in [3.05, 3.63) is 59.9 Å². The van der Waals surface area contributed by atoms with E-state index in [1.54, 1.807) is 36.7 Å². The van der Waals surface area contributed by atoms with Crippen LogP contribution in [0.4, 0.5) is 11.4 Å². The highest BCUT2D eigenvalue weighted by atomic mass is 32.1. The molecule has 2 aromatic heterocycles. The van der Waals surface area contributed by atoms with Crippen LogP contribution < -0.4 is 16.4 Å². The number of benzene rings is 1. The van der Waals surface area contributed by atoms with Crippen LogP contribution in [-0.2, 0) is 16.1 Å². The Kier molecular flexibility index (Phi) is 5.00. The van der Waals surface area contributed by atoms with Gasteiger partial charge in [0.1, 0.15) is 5.01 Å². The van der Waals surface area contributed by atoms with E-state index in [0.29, 0.717) is 17.1 Å². The number of pyridine rings is 1. The molecule has 0 aliphatic rings. The van der Waals surface area contributed by atoms with Crippen LogP contribution in [0.15, 0.2) is 54.2 Å². The van der Waals surface area contributed by atoms with Gasteiger partial charge >= 0.3 is 11.8 Å². The number of nitrogen functional groups attached to an aromatic ring is 1. The van der Waals surface area contributed by atoms with E-state index in [1.807, 2.05) is 17.5 Å². The SMILES string of the molecule is Nc1ccnc(CNC(=O)C(=O)Nc2ccc(-c3nccs3)cc2)c1. The molecule has 2 heterocycles. The lowest BCUT2D eigenvalue weighted by atomic mass is 10.2. The van der Waals surface area contributed by atoms with Crippen LogP contribution in [0.25, 0.3) is 10.6 Å². The molecule has 0 spiro atoms. The van der Waals surface area contributed by atoms with Crippen molar-refractivity contribution in [3.63, 3.8) is 0 Å². The summed E-state index contributed by atoms with van der Waals surface area (Å²) in [5.41, 5.74) is 8.24. The van der Waals surface area contributed by atoms with E-state index in [-0.39, 0.29) is 6.54 Å². The number of aromatic nitrogens is 2. The van der Waals surface area contributed by atoms with Gasteiger partial charge in [-0.05, 0) is 36.4 Å². The monoisotopic (exact) mass is 353 g/mol. The van der Waals surface area contributed by atoms with Gasteiger partial charge in [-0.3, -0.25) is 14.6 Å². The quantitative estimate of drug-likeness (QED) is 0.622. The molecule has 7 nitrogen and oxygen atoms in total. The smallest absolute Gasteiger partial charge is 0.313 e. The highest BCUT2D eigenvalue weighted by Crippen LogP contribution is 2.23. The van der Waals surface area contributed by atoms with Crippen LogP contribution in [0.2, 0.25) is 0 Å². The highest BCUT2D eigenvalue weighted by molar-refractivity contribution is 7.13. The molecule has 0 saturated carbocycles. The van der Waals surface area contributed by atoms with Gasteiger partial charge in [0.2, 0.25) is 0 Å². The molecule has 126 valence electrons. The van der Waals surface area contributed by atoms with E-state index in [4.69, 9.17) is 5.73 Å². The summed E-state index contributed by atoms with van der Waals surface area (Å²) >= 11 is 1.53. The summed E-state index contributed by atoms with van der Waals surface area (Å²) in [6.45, 7) is 0.125. The minimum Gasteiger partial charge on any atom is -0.399 e. The first-order valence-corrected chi connectivity index (χ1v) is 8.29. The zero-order valence-corrected chi connectivity index (χ0v) is 13.9. The maximum absolute atomic E-state index is 11.9. The number of nitrogens with two attached hydrogens (primary N) is 1. The Hall–Kier alpha value is -3.26. The molecule has 2 amide bonds. The fraction of sp³-hybridized carbons (Fsp3) is 0.0588. The standard InChI is InChI=1S/C17H15N5O2S/c18-12-5-6-19-14(9-12)10-21-15(23)16(24)22-13-3-1-11(2-4-13)17-20-7-8-25-17/h1-9H,10H2,(H2,18,19)(H,21,23)(H,22,24). The average molecular weight is 353 g/mol. The molecule has 0 bridgehead atoms. The molecule has 4 N–H and O–H groups in total. The van der Waals surface area contributed by atoms with Gasteiger partial charge in [0.15, 0.2) is 0 Å². The number of hydrogen-bond donors (Lipinski definition) is 3. The number of hydrogen-bond acceptors (Lipinski definition) is 6. The van der Waals surface area contributed by atoms with Crippen molar-refractivity contribution >= 4 is 34.5 Å². The third-order valence-electron chi connectivity index (χ3n) is 3.30. The first-order chi connectivity index (χ1) is 12.1. The fourth-order valence-electron chi connectivity index (χ4n) is 2.09. The predicted octanol–water partition coefficient (Wildman–Crippen LogP) is 2.04. The van der Waals surface area contributed by atoms with Crippen LogP contribution >= 0.6 is 11.3 Å². The van der Waals surface area contributed by atoms with Crippen molar-refractivity contribution in [2.75, 3.05) is 11.1 Å². The molecule has 0 radical (unpaired) electrons. The lowest BCUT2D eigenvalue weighted by Gasteiger charge is -2.07. The lowest BCUT2D eigenvalue weighted by molar-refractivity contribution is -0.136. The largest absolute Gasteiger partial charge is 0.399 e. The third kappa shape index (κ3) is 4.39. The predicted molar refractivity (Wildman–Crippen MR) is 96.7 cm³/mol. The molecule has 3 rings (SSSR count). The number of amides is 2. The summed E-state index contributed by atoms with van der Waals surface area (Å²) in [4.78, 5) is 32.1. The van der Waals surface area contributed by atoms with Gasteiger partial charge in [0.05, 0.1) is 12.2 Å². The van der Waals surface area contributed by atoms with E-state index in [1.165, 1.54) is 11.3 Å². The zero-order chi connectivity index (χ0) is 17.6. The minimum absolute atomic E-state index is 0.125. The molecule has 0 aliphatic heterocycles. The summed E-state index contributed by atoms with van der Waals surface area (Å²) in [7, 11) is 0. The van der Waals surface area contributed by atoms with Crippen LogP contribution in [0, 0.1) is 0 Å². The van der Waals surface area contributed by atoms with Crippen molar-refractivity contribution in [1.29, 1.82) is 0 Å². The molecule has 0 aliphatic carbocycles. The Balaban J connectivity index is 1.55. The summed E-state index contributed by atoms with van der Waals surface area (Å²) in [5, 5.41) is 7.84. The Morgan fingerprint density at radius 3 is 2.52 bits per heavy atom. The zero-order valence-electron chi connectivity index (χ0n) is 13.1. The summed E-state index contributed by atoms with van der Waals surface area (Å²) < 4.78 is 0. The van der Waals surface area contributed by atoms with Crippen LogP contribution in [-0.4, -0.2) is 21.8 Å². The van der Waals surface area contributed by atoms with Gasteiger partial charge in [0.25, 0.3) is 0 Å². The number of rotatable bonds is 4. The number of carbonyl (C=O) groups is 2. The highest BCUT2D eigenvalue weighted by Gasteiger charge is 2.13. The number of anilines is 2. The molecular weight excluding hydrogens is 338 g/mol. The molecular formula is C17H15N5O2S. The molecule has 0 fully saturated rings. The van der Waals surface area contributed by atoms with Gasteiger partial charge < -0.3 is 16.4 Å². The maximum Gasteiger partial charge on any atom is 0.313 e. The van der Waals surface area contributed by atoms with Crippen molar-refractivity contribution in [1.82, 2.24) is 15.3 Å². The number of nitrogens with zero attached hydrogens (tertiary/aromatic N) is 2. The Bertz CT molecular complexity index is 878. The second-order valence-corrected chi connectivity index (χ2v) is 6.03. The van der Waals surface area contributed by atoms with Gasteiger partial charge in [-0.2, -0.15) is 0 Å². The summed E-state index contributed by atoms with van der Waals surface area (Å²) in [6, 6.07) is 10.4. The van der Waals surface area contributed by atoms with Crippen molar-refractivity contribution in [2.24, 2.45) is 0 Å². The van der Waals surface area contributed by atoms with Crippen LogP contribution in [0.5, 0.6) is 0 Å². The second-order valence-electron chi connectivity index (χ2n) is 5.13. The number of carbonyl (C=O) groups excluding carboxylic acids is 2. The van der Waals surface area contributed by atoms with Crippen LogP contribution in [0.3, 0.4) is 0 Å². The minimum atomic E-state index is -0.745. The van der Waals surface area contributed by atoms with E-state index in [2.05, 4.69) is 20.6 Å². The van der Waals surface area contributed by atoms with Gasteiger partial charge in [-0.15, -0.1) is 11.3 Å². The summed E-state index contributed by atoms with van der Waals surface area (Å²) in [5.74, 6) is -1.49. The normalized spacial score (nSPS) is 10.2. The summed E-state index contributed by atoms with van der Waals surface area (Å²) in [6.07, 6.45) is 3.27. The maximum atomic E-state index is 11.9. The van der Waals surface area contributed by atoms with E-state index < -0.39 is 11.8 Å². The van der Waals surface area contributed by atoms with Gasteiger partial charge in [0, 0.05) is 34.7 Å². The Morgan fingerprint density at radius 1 is 1.04 bits per heavy atom. The van der Waals surface area contributed by atoms with Crippen molar-refractivity contribution in [3.8, 4) is 10.6 Å². The van der Waals surface area contributed by atoms with Crippen molar-refractivity contribution < 1.29 is 9.59 Å². The first-order valence-electron chi connectivity index (χ1n) is 7.41. The van der Waals surface area contributed by atoms with Crippen LogP contribution in [0.1, 0.15) is 5.69 Å². The Morgan fingerprint density at radius 2 is 1.84 bits per heavy atom. The number of thiazole rings is 1. The molecule has 0 unspecified atom stereocenters. The second kappa shape index (κ2) is 7.54. The van der Waals surface area contributed by atoms with E-state index >= 15 is 0 Å². The topological polar surface area (TPSA) is 110 Å². The molecule has 8 heteroatoms. The molecule has 25 heavy (non-hydrogen) atoms. The Labute approximate surface area is 147 Å². The fourth-order valence-corrected chi connectivity index (χ4v) is 2.74. The molecule has 0 saturated heterocycles. The van der Waals surface area contributed by atoms with Gasteiger partial charge in [-0.25, -0.2) is 4.98 Å². The van der Waals surface area contributed by atoms with E-state index in [0.717, 1.165) is 10.6 Å². The molecule has 1 aromatic carbocycles. The lowest BCUT2D eigenvalue weighted by Crippen LogP contribution is -2.35. The molecule has 3 aromatic rings.